The molecule has 17 heavy (non-hydrogen) atoms. The summed E-state index contributed by atoms with van der Waals surface area (Å²) in [6.07, 6.45) is 5.21. The van der Waals surface area contributed by atoms with E-state index in [1.807, 2.05) is 30.9 Å². The van der Waals surface area contributed by atoms with Crippen LogP contribution in [-0.4, -0.2) is 30.1 Å². The number of pyridine rings is 1. The van der Waals surface area contributed by atoms with Gasteiger partial charge in [-0.2, -0.15) is 11.8 Å². The number of hydrogen-bond acceptors (Lipinski definition) is 4. The molecule has 0 spiro atoms. The highest BCUT2D eigenvalue weighted by atomic mass is 32.2. The van der Waals surface area contributed by atoms with Crippen molar-refractivity contribution in [1.29, 1.82) is 0 Å². The first-order valence-electron chi connectivity index (χ1n) is 6.03. The lowest BCUT2D eigenvalue weighted by Gasteiger charge is -2.28. The van der Waals surface area contributed by atoms with Crippen molar-refractivity contribution in [3.63, 3.8) is 0 Å². The van der Waals surface area contributed by atoms with Crippen LogP contribution in [0.2, 0.25) is 0 Å². The largest absolute Gasteiger partial charge is 0.370 e. The molecule has 0 aliphatic heterocycles. The van der Waals surface area contributed by atoms with E-state index in [-0.39, 0.29) is 6.04 Å². The van der Waals surface area contributed by atoms with Gasteiger partial charge in [-0.05, 0) is 31.7 Å². The molecule has 0 saturated carbocycles. The molecule has 0 fully saturated rings. The predicted molar refractivity (Wildman–Crippen MR) is 77.7 cm³/mol. The van der Waals surface area contributed by atoms with E-state index in [9.17, 15) is 0 Å². The lowest BCUT2D eigenvalue weighted by molar-refractivity contribution is 0.671. The number of hydrogen-bond donors (Lipinski definition) is 1. The predicted octanol–water partition coefficient (Wildman–Crippen LogP) is 2.68. The Labute approximate surface area is 109 Å². The summed E-state index contributed by atoms with van der Waals surface area (Å²) in [7, 11) is 2.13. The molecule has 0 aliphatic carbocycles. The molecule has 4 heteroatoms. The van der Waals surface area contributed by atoms with Gasteiger partial charge in [-0.3, -0.25) is 4.98 Å². The molecule has 0 radical (unpaired) electrons. The highest BCUT2D eigenvalue weighted by molar-refractivity contribution is 7.98. The van der Waals surface area contributed by atoms with Gasteiger partial charge in [0.15, 0.2) is 0 Å². The van der Waals surface area contributed by atoms with Gasteiger partial charge >= 0.3 is 0 Å². The molecule has 0 aliphatic rings. The van der Waals surface area contributed by atoms with Crippen molar-refractivity contribution < 1.29 is 0 Å². The molecular formula is C13H23N3S. The maximum atomic E-state index is 5.79. The van der Waals surface area contributed by atoms with Crippen molar-refractivity contribution in [3.8, 4) is 0 Å². The van der Waals surface area contributed by atoms with Gasteiger partial charge in [-0.15, -0.1) is 0 Å². The average molecular weight is 253 g/mol. The molecule has 1 aromatic heterocycles. The smallest absolute Gasteiger partial charge is 0.0569 e. The van der Waals surface area contributed by atoms with Crippen LogP contribution in [-0.2, 0) is 0 Å². The van der Waals surface area contributed by atoms with E-state index in [1.54, 1.807) is 0 Å². The van der Waals surface area contributed by atoms with Crippen molar-refractivity contribution in [1.82, 2.24) is 4.98 Å². The Bertz CT molecular complexity index is 324. The third-order valence-corrected chi connectivity index (χ3v) is 3.74. The van der Waals surface area contributed by atoms with Crippen molar-refractivity contribution in [2.24, 2.45) is 5.73 Å². The topological polar surface area (TPSA) is 42.1 Å². The van der Waals surface area contributed by atoms with Gasteiger partial charge in [0.1, 0.15) is 0 Å². The van der Waals surface area contributed by atoms with Crippen LogP contribution in [0.3, 0.4) is 0 Å². The Kier molecular flexibility index (Phi) is 5.78. The van der Waals surface area contributed by atoms with Crippen molar-refractivity contribution in [2.75, 3.05) is 24.0 Å². The van der Waals surface area contributed by atoms with Crippen LogP contribution in [0.25, 0.3) is 0 Å². The third-order valence-electron chi connectivity index (χ3n) is 3.02. The minimum Gasteiger partial charge on any atom is -0.370 e. The second-order valence-electron chi connectivity index (χ2n) is 4.36. The first-order valence-corrected chi connectivity index (χ1v) is 7.42. The Morgan fingerprint density at radius 2 is 2.18 bits per heavy atom. The molecule has 0 aromatic carbocycles. The van der Waals surface area contributed by atoms with Gasteiger partial charge in [0.05, 0.1) is 17.6 Å². The van der Waals surface area contributed by atoms with Gasteiger partial charge in [0.25, 0.3) is 0 Å². The maximum absolute atomic E-state index is 5.79. The Balaban J connectivity index is 2.77. The minimum absolute atomic E-state index is 0.00234. The van der Waals surface area contributed by atoms with Crippen molar-refractivity contribution in [2.45, 2.75) is 32.4 Å². The molecule has 96 valence electrons. The fourth-order valence-corrected chi connectivity index (χ4v) is 2.63. The number of rotatable bonds is 6. The summed E-state index contributed by atoms with van der Waals surface area (Å²) < 4.78 is 0. The first-order chi connectivity index (χ1) is 8.10. The molecule has 1 heterocycles. The molecule has 2 atom stereocenters. The summed E-state index contributed by atoms with van der Waals surface area (Å²) in [5.41, 5.74) is 7.90. The molecule has 0 bridgehead atoms. The Hall–Kier alpha value is -0.740. The molecule has 1 aromatic rings. The SMILES string of the molecule is CCC(CSC)N(C)c1ccc([C@@H](C)N)nc1. The lowest BCUT2D eigenvalue weighted by Crippen LogP contribution is -2.33. The van der Waals surface area contributed by atoms with E-state index in [4.69, 9.17) is 5.73 Å². The summed E-state index contributed by atoms with van der Waals surface area (Å²) in [6.45, 7) is 4.18. The van der Waals surface area contributed by atoms with E-state index in [0.717, 1.165) is 23.6 Å². The van der Waals surface area contributed by atoms with Gasteiger partial charge < -0.3 is 10.6 Å². The Morgan fingerprint density at radius 1 is 1.47 bits per heavy atom. The number of anilines is 1. The van der Waals surface area contributed by atoms with E-state index in [0.29, 0.717) is 6.04 Å². The summed E-state index contributed by atoms with van der Waals surface area (Å²) in [6, 6.07) is 4.69. The number of nitrogens with two attached hydrogens (primary N) is 1. The van der Waals surface area contributed by atoms with Crippen molar-refractivity contribution >= 4 is 17.4 Å². The van der Waals surface area contributed by atoms with E-state index < -0.39 is 0 Å². The van der Waals surface area contributed by atoms with Crippen LogP contribution in [0, 0.1) is 0 Å². The second kappa shape index (κ2) is 6.87. The zero-order chi connectivity index (χ0) is 12.8. The van der Waals surface area contributed by atoms with Gasteiger partial charge in [0.2, 0.25) is 0 Å². The van der Waals surface area contributed by atoms with Crippen LogP contribution >= 0.6 is 11.8 Å². The van der Waals surface area contributed by atoms with E-state index in [2.05, 4.69) is 36.2 Å². The zero-order valence-corrected chi connectivity index (χ0v) is 12.0. The number of aromatic nitrogens is 1. The van der Waals surface area contributed by atoms with Gasteiger partial charge in [0, 0.05) is 24.9 Å². The quantitative estimate of drug-likeness (QED) is 0.846. The monoisotopic (exact) mass is 253 g/mol. The molecular weight excluding hydrogens is 230 g/mol. The van der Waals surface area contributed by atoms with E-state index >= 15 is 0 Å². The summed E-state index contributed by atoms with van der Waals surface area (Å²) >= 11 is 1.88. The molecule has 1 unspecified atom stereocenters. The molecule has 0 saturated heterocycles. The average Bonchev–Trinajstić information content (AvgIpc) is 2.35. The molecule has 2 N–H and O–H groups in total. The zero-order valence-electron chi connectivity index (χ0n) is 11.2. The second-order valence-corrected chi connectivity index (χ2v) is 5.27. The van der Waals surface area contributed by atoms with Crippen LogP contribution in [0.5, 0.6) is 0 Å². The van der Waals surface area contributed by atoms with E-state index in [1.165, 1.54) is 0 Å². The van der Waals surface area contributed by atoms with Crippen molar-refractivity contribution in [3.05, 3.63) is 24.0 Å². The van der Waals surface area contributed by atoms with Crippen LogP contribution in [0.15, 0.2) is 18.3 Å². The highest BCUT2D eigenvalue weighted by Crippen LogP contribution is 2.19. The number of nitrogens with zero attached hydrogens (tertiary/aromatic N) is 2. The van der Waals surface area contributed by atoms with Crippen LogP contribution in [0.1, 0.15) is 32.0 Å². The molecule has 1 rings (SSSR count). The summed E-state index contributed by atoms with van der Waals surface area (Å²) in [4.78, 5) is 6.70. The molecule has 3 nitrogen and oxygen atoms in total. The summed E-state index contributed by atoms with van der Waals surface area (Å²) in [5, 5.41) is 0. The summed E-state index contributed by atoms with van der Waals surface area (Å²) in [5.74, 6) is 1.14. The Morgan fingerprint density at radius 3 is 2.59 bits per heavy atom. The van der Waals surface area contributed by atoms with Crippen LogP contribution < -0.4 is 10.6 Å². The van der Waals surface area contributed by atoms with Gasteiger partial charge in [-0.25, -0.2) is 0 Å². The van der Waals surface area contributed by atoms with Gasteiger partial charge in [-0.1, -0.05) is 6.92 Å². The fourth-order valence-electron chi connectivity index (χ4n) is 1.78. The first kappa shape index (κ1) is 14.3. The lowest BCUT2D eigenvalue weighted by atomic mass is 10.2. The highest BCUT2D eigenvalue weighted by Gasteiger charge is 2.13. The molecule has 0 amide bonds. The third kappa shape index (κ3) is 3.89. The van der Waals surface area contributed by atoms with Crippen LogP contribution in [0.4, 0.5) is 5.69 Å². The minimum atomic E-state index is 0.00234. The normalized spacial score (nSPS) is 14.4. The standard InChI is InChI=1S/C13H23N3S/c1-5-11(9-17-4)16(3)12-6-7-13(10(2)14)15-8-12/h6-8,10-11H,5,9,14H2,1-4H3/t10-,11?/m1/s1. The fraction of sp³-hybridized carbons (Fsp3) is 0.615. The number of thioether (sulfide) groups is 1. The maximum Gasteiger partial charge on any atom is 0.0569 e.